The Kier molecular flexibility index (Phi) is 8.10. The first-order chi connectivity index (χ1) is 14.0. The van der Waals surface area contributed by atoms with E-state index >= 15 is 0 Å². The van der Waals surface area contributed by atoms with Crippen molar-refractivity contribution in [1.29, 1.82) is 0 Å². The van der Waals surface area contributed by atoms with Crippen LogP contribution < -0.4 is 5.32 Å². The van der Waals surface area contributed by atoms with Gasteiger partial charge in [0.15, 0.2) is 0 Å². The van der Waals surface area contributed by atoms with Crippen LogP contribution in [0.15, 0.2) is 24.3 Å². The van der Waals surface area contributed by atoms with Crippen LogP contribution in [0.1, 0.15) is 61.4 Å². The second-order valence-electron chi connectivity index (χ2n) is 9.06. The number of carbonyl (C=O) groups excluding carboxylic acids is 2. The van der Waals surface area contributed by atoms with Crippen molar-refractivity contribution in [3.05, 3.63) is 35.4 Å². The zero-order valence-corrected chi connectivity index (χ0v) is 18.2. The predicted molar refractivity (Wildman–Crippen MR) is 117 cm³/mol. The van der Waals surface area contributed by atoms with Crippen LogP contribution in [-0.2, 0) is 4.79 Å². The highest BCUT2D eigenvalue weighted by molar-refractivity contribution is 5.94. The molecule has 3 rings (SSSR count). The minimum atomic E-state index is 0.111. The van der Waals surface area contributed by atoms with Crippen molar-refractivity contribution >= 4 is 11.8 Å². The van der Waals surface area contributed by atoms with Gasteiger partial charge in [-0.15, -0.1) is 0 Å². The van der Waals surface area contributed by atoms with E-state index in [0.29, 0.717) is 12.3 Å². The third-order valence-corrected chi connectivity index (χ3v) is 6.39. The Hall–Kier alpha value is -1.88. The van der Waals surface area contributed by atoms with E-state index in [1.807, 2.05) is 36.1 Å². The molecule has 0 unspecified atom stereocenters. The number of rotatable bonds is 7. The molecule has 2 saturated heterocycles. The number of nitrogens with zero attached hydrogens (tertiary/aromatic N) is 2. The summed E-state index contributed by atoms with van der Waals surface area (Å²) in [6.07, 6.45) is 6.10. The van der Waals surface area contributed by atoms with Gasteiger partial charge in [-0.25, -0.2) is 0 Å². The third kappa shape index (κ3) is 6.84. The average molecular weight is 400 g/mol. The smallest absolute Gasteiger partial charge is 0.253 e. The first kappa shape index (κ1) is 21.8. The van der Waals surface area contributed by atoms with Crippen LogP contribution in [0.3, 0.4) is 0 Å². The molecule has 5 nitrogen and oxygen atoms in total. The molecule has 29 heavy (non-hydrogen) atoms. The van der Waals surface area contributed by atoms with Crippen LogP contribution in [0.5, 0.6) is 0 Å². The summed E-state index contributed by atoms with van der Waals surface area (Å²) in [7, 11) is 0. The predicted octanol–water partition coefficient (Wildman–Crippen LogP) is 3.48. The van der Waals surface area contributed by atoms with Gasteiger partial charge < -0.3 is 15.1 Å². The first-order valence-electron chi connectivity index (χ1n) is 11.4. The van der Waals surface area contributed by atoms with Gasteiger partial charge in [-0.05, 0) is 76.1 Å². The van der Waals surface area contributed by atoms with Gasteiger partial charge >= 0.3 is 0 Å². The SMILES string of the molecule is Cc1ccc(C(=O)N2CCC(CC(=O)NCCCN3CCC[C@H](C)C3)CC2)cc1. The fraction of sp³-hybridized carbons (Fsp3) is 0.667. The summed E-state index contributed by atoms with van der Waals surface area (Å²) >= 11 is 0. The summed E-state index contributed by atoms with van der Waals surface area (Å²) in [4.78, 5) is 29.3. The minimum Gasteiger partial charge on any atom is -0.356 e. The number of aryl methyl sites for hydroxylation is 1. The van der Waals surface area contributed by atoms with E-state index < -0.39 is 0 Å². The van der Waals surface area contributed by atoms with Gasteiger partial charge in [0.05, 0.1) is 0 Å². The van der Waals surface area contributed by atoms with E-state index in [-0.39, 0.29) is 11.8 Å². The fourth-order valence-electron chi connectivity index (χ4n) is 4.57. The molecule has 0 saturated carbocycles. The van der Waals surface area contributed by atoms with Crippen LogP contribution >= 0.6 is 0 Å². The number of carbonyl (C=O) groups is 2. The van der Waals surface area contributed by atoms with Crippen molar-refractivity contribution in [1.82, 2.24) is 15.1 Å². The number of nitrogens with one attached hydrogen (secondary N) is 1. The maximum absolute atomic E-state index is 12.6. The molecule has 0 spiro atoms. The van der Waals surface area contributed by atoms with Crippen molar-refractivity contribution in [2.45, 2.75) is 52.4 Å². The fourth-order valence-corrected chi connectivity index (χ4v) is 4.57. The van der Waals surface area contributed by atoms with Crippen LogP contribution in [0, 0.1) is 18.8 Å². The highest BCUT2D eigenvalue weighted by Gasteiger charge is 2.25. The van der Waals surface area contributed by atoms with Gasteiger partial charge in [0, 0.05) is 38.2 Å². The Morgan fingerprint density at radius 3 is 2.48 bits per heavy atom. The Balaban J connectivity index is 1.30. The second kappa shape index (κ2) is 10.8. The van der Waals surface area contributed by atoms with E-state index in [9.17, 15) is 9.59 Å². The zero-order valence-electron chi connectivity index (χ0n) is 18.2. The van der Waals surface area contributed by atoms with Gasteiger partial charge in [0.2, 0.25) is 5.91 Å². The highest BCUT2D eigenvalue weighted by atomic mass is 16.2. The van der Waals surface area contributed by atoms with Crippen molar-refractivity contribution < 1.29 is 9.59 Å². The molecule has 0 radical (unpaired) electrons. The molecule has 2 amide bonds. The van der Waals surface area contributed by atoms with Gasteiger partial charge in [-0.1, -0.05) is 24.6 Å². The summed E-state index contributed by atoms with van der Waals surface area (Å²) in [6, 6.07) is 7.77. The van der Waals surface area contributed by atoms with Gasteiger partial charge in [0.25, 0.3) is 5.91 Å². The molecule has 1 N–H and O–H groups in total. The Bertz CT molecular complexity index is 665. The van der Waals surface area contributed by atoms with Crippen LogP contribution in [0.25, 0.3) is 0 Å². The van der Waals surface area contributed by atoms with Crippen LogP contribution in [0.4, 0.5) is 0 Å². The number of hydrogen-bond donors (Lipinski definition) is 1. The molecule has 0 aromatic heterocycles. The molecule has 1 aromatic rings. The lowest BCUT2D eigenvalue weighted by Gasteiger charge is -2.32. The average Bonchev–Trinajstić information content (AvgIpc) is 2.72. The Morgan fingerprint density at radius 2 is 1.79 bits per heavy atom. The summed E-state index contributed by atoms with van der Waals surface area (Å²) in [6.45, 7) is 10.1. The largest absolute Gasteiger partial charge is 0.356 e. The molecule has 2 fully saturated rings. The van der Waals surface area contributed by atoms with Gasteiger partial charge in [-0.2, -0.15) is 0 Å². The zero-order chi connectivity index (χ0) is 20.6. The molecule has 0 aliphatic carbocycles. The highest BCUT2D eigenvalue weighted by Crippen LogP contribution is 2.22. The molecule has 5 heteroatoms. The monoisotopic (exact) mass is 399 g/mol. The van der Waals surface area contributed by atoms with Crippen LogP contribution in [-0.4, -0.2) is 60.9 Å². The maximum atomic E-state index is 12.6. The topological polar surface area (TPSA) is 52.7 Å². The lowest BCUT2D eigenvalue weighted by Crippen LogP contribution is -2.40. The number of likely N-dealkylation sites (tertiary alicyclic amines) is 2. The number of hydrogen-bond acceptors (Lipinski definition) is 3. The molecular weight excluding hydrogens is 362 g/mol. The molecule has 2 aliphatic heterocycles. The molecule has 0 bridgehead atoms. The van der Waals surface area contributed by atoms with Gasteiger partial charge in [0.1, 0.15) is 0 Å². The van der Waals surface area contributed by atoms with E-state index in [0.717, 1.165) is 62.5 Å². The molecule has 2 heterocycles. The number of amides is 2. The standard InChI is InChI=1S/C24H37N3O2/c1-19-6-8-22(9-7-19)24(29)27-15-10-21(11-16-27)17-23(28)25-12-4-14-26-13-3-5-20(2)18-26/h6-9,20-21H,3-5,10-18H2,1-2H3,(H,25,28)/t20-/m0/s1. The molecule has 1 atom stereocenters. The molecule has 1 aromatic carbocycles. The quantitative estimate of drug-likeness (QED) is 0.714. The van der Waals surface area contributed by atoms with Crippen LogP contribution in [0.2, 0.25) is 0 Å². The summed E-state index contributed by atoms with van der Waals surface area (Å²) in [5.41, 5.74) is 1.92. The second-order valence-corrected chi connectivity index (χ2v) is 9.06. The minimum absolute atomic E-state index is 0.111. The number of piperidine rings is 2. The van der Waals surface area contributed by atoms with E-state index in [2.05, 4.69) is 17.1 Å². The molecular formula is C24H37N3O2. The van der Waals surface area contributed by atoms with E-state index in [4.69, 9.17) is 0 Å². The summed E-state index contributed by atoms with van der Waals surface area (Å²) < 4.78 is 0. The molecule has 2 aliphatic rings. The van der Waals surface area contributed by atoms with Crippen molar-refractivity contribution in [2.75, 3.05) is 39.3 Å². The Labute approximate surface area is 175 Å². The summed E-state index contributed by atoms with van der Waals surface area (Å²) in [5, 5.41) is 3.10. The number of benzene rings is 1. The first-order valence-corrected chi connectivity index (χ1v) is 11.4. The van der Waals surface area contributed by atoms with Gasteiger partial charge in [-0.3, -0.25) is 9.59 Å². The lowest BCUT2D eigenvalue weighted by atomic mass is 9.92. The summed E-state index contributed by atoms with van der Waals surface area (Å²) in [5.74, 6) is 1.47. The molecule has 160 valence electrons. The lowest BCUT2D eigenvalue weighted by molar-refractivity contribution is -0.122. The normalized spacial score (nSPS) is 21.2. The third-order valence-electron chi connectivity index (χ3n) is 6.39. The van der Waals surface area contributed by atoms with Crippen molar-refractivity contribution in [3.8, 4) is 0 Å². The Morgan fingerprint density at radius 1 is 1.07 bits per heavy atom. The maximum Gasteiger partial charge on any atom is 0.253 e. The van der Waals surface area contributed by atoms with E-state index in [1.165, 1.54) is 25.9 Å². The van der Waals surface area contributed by atoms with Crippen molar-refractivity contribution in [3.63, 3.8) is 0 Å². The van der Waals surface area contributed by atoms with E-state index in [1.54, 1.807) is 0 Å². The van der Waals surface area contributed by atoms with Crippen molar-refractivity contribution in [2.24, 2.45) is 11.8 Å².